The van der Waals surface area contributed by atoms with Crippen LogP contribution in [-0.4, -0.2) is 30.6 Å². The third-order valence-corrected chi connectivity index (χ3v) is 3.73. The molecule has 0 saturated carbocycles. The lowest BCUT2D eigenvalue weighted by Crippen LogP contribution is -2.37. The number of hydrazone groups is 1. The quantitative estimate of drug-likeness (QED) is 0.404. The number of halogens is 1. The van der Waals surface area contributed by atoms with Gasteiger partial charge in [0.25, 0.3) is 0 Å². The van der Waals surface area contributed by atoms with Crippen LogP contribution in [0.15, 0.2) is 47.6 Å². The average molecular weight is 403 g/mol. The molecule has 146 valence electrons. The maximum absolute atomic E-state index is 11.8. The van der Waals surface area contributed by atoms with Crippen molar-refractivity contribution in [1.29, 1.82) is 0 Å². The highest BCUT2D eigenvalue weighted by Gasteiger charge is 2.12. The first-order valence-electron chi connectivity index (χ1n) is 8.24. The Balaban J connectivity index is 1.91. The summed E-state index contributed by atoms with van der Waals surface area (Å²) in [7, 11) is 0. The summed E-state index contributed by atoms with van der Waals surface area (Å²) in [6, 6.07) is 11.1. The first kappa shape index (κ1) is 20.9. The summed E-state index contributed by atoms with van der Waals surface area (Å²) in [5.41, 5.74) is 3.08. The van der Waals surface area contributed by atoms with Gasteiger partial charge < -0.3 is 20.0 Å². The Morgan fingerprint density at radius 1 is 1.14 bits per heavy atom. The number of amides is 2. The predicted molar refractivity (Wildman–Crippen MR) is 101 cm³/mol. The van der Waals surface area contributed by atoms with Crippen molar-refractivity contribution in [2.24, 2.45) is 5.10 Å². The molecule has 28 heavy (non-hydrogen) atoms. The molecule has 0 heterocycles. The Labute approximate surface area is 166 Å². The topological polar surface area (TPSA) is 120 Å². The van der Waals surface area contributed by atoms with Gasteiger partial charge in [0.05, 0.1) is 18.8 Å². The minimum atomic E-state index is -1.40. The lowest BCUT2D eigenvalue weighted by atomic mass is 10.1. The number of carboxylic acid groups (broad SMARTS) is 1. The molecule has 0 unspecified atom stereocenters. The third-order valence-electron chi connectivity index (χ3n) is 3.48. The van der Waals surface area contributed by atoms with E-state index in [0.29, 0.717) is 17.2 Å². The zero-order valence-electron chi connectivity index (χ0n) is 14.9. The largest absolute Gasteiger partial charge is 0.545 e. The molecule has 2 aromatic rings. The molecule has 2 aromatic carbocycles. The number of carbonyl (C=O) groups is 3. The van der Waals surface area contributed by atoms with E-state index in [0.717, 1.165) is 5.56 Å². The van der Waals surface area contributed by atoms with Gasteiger partial charge >= 0.3 is 11.8 Å². The SMILES string of the molecule is CCOc1ccc(/C=N\NC(=O)C(=O)NCc2ccc(Cl)cc2)cc1C(=O)[O-]. The van der Waals surface area contributed by atoms with Crippen molar-refractivity contribution in [2.75, 3.05) is 6.61 Å². The second kappa shape index (κ2) is 10.1. The summed E-state index contributed by atoms with van der Waals surface area (Å²) in [5.74, 6) is -3.06. The van der Waals surface area contributed by atoms with Crippen LogP contribution in [0.1, 0.15) is 28.4 Å². The summed E-state index contributed by atoms with van der Waals surface area (Å²) in [5, 5.41) is 17.8. The molecule has 0 spiro atoms. The molecular formula is C19H17ClN3O5-. The van der Waals surface area contributed by atoms with Crippen LogP contribution in [0.4, 0.5) is 0 Å². The second-order valence-electron chi connectivity index (χ2n) is 5.48. The molecule has 2 N–H and O–H groups in total. The number of rotatable bonds is 7. The maximum Gasteiger partial charge on any atom is 0.329 e. The Morgan fingerprint density at radius 3 is 2.50 bits per heavy atom. The van der Waals surface area contributed by atoms with Crippen LogP contribution < -0.4 is 20.6 Å². The molecule has 9 heteroatoms. The smallest absolute Gasteiger partial charge is 0.329 e. The van der Waals surface area contributed by atoms with Gasteiger partial charge in [-0.05, 0) is 48.4 Å². The van der Waals surface area contributed by atoms with Gasteiger partial charge in [-0.15, -0.1) is 0 Å². The molecule has 0 radical (unpaired) electrons. The Morgan fingerprint density at radius 2 is 1.86 bits per heavy atom. The summed E-state index contributed by atoms with van der Waals surface area (Å²) in [6.07, 6.45) is 1.20. The monoisotopic (exact) mass is 402 g/mol. The summed E-state index contributed by atoms with van der Waals surface area (Å²) >= 11 is 5.77. The molecule has 0 aliphatic heterocycles. The number of carbonyl (C=O) groups excluding carboxylic acids is 3. The van der Waals surface area contributed by atoms with Crippen LogP contribution in [0.25, 0.3) is 0 Å². The van der Waals surface area contributed by atoms with Crippen LogP contribution >= 0.6 is 11.6 Å². The fourth-order valence-electron chi connectivity index (χ4n) is 2.15. The fourth-order valence-corrected chi connectivity index (χ4v) is 2.28. The van der Waals surface area contributed by atoms with Gasteiger partial charge in [0.2, 0.25) is 0 Å². The predicted octanol–water partition coefficient (Wildman–Crippen LogP) is 0.869. The van der Waals surface area contributed by atoms with Gasteiger partial charge in [0.15, 0.2) is 0 Å². The maximum atomic E-state index is 11.8. The van der Waals surface area contributed by atoms with E-state index in [-0.39, 0.29) is 17.9 Å². The normalized spacial score (nSPS) is 10.5. The van der Waals surface area contributed by atoms with Gasteiger partial charge in [-0.2, -0.15) is 5.10 Å². The van der Waals surface area contributed by atoms with E-state index in [1.54, 1.807) is 37.3 Å². The van der Waals surface area contributed by atoms with E-state index in [2.05, 4.69) is 15.8 Å². The third kappa shape index (κ3) is 6.10. The number of hydrogen-bond acceptors (Lipinski definition) is 6. The highest BCUT2D eigenvalue weighted by molar-refractivity contribution is 6.35. The molecule has 0 aromatic heterocycles. The van der Waals surface area contributed by atoms with Crippen LogP contribution in [0.5, 0.6) is 5.75 Å². The number of aromatic carboxylic acids is 1. The standard InChI is InChI=1S/C19H18ClN3O5/c1-2-28-16-8-5-13(9-15(16)19(26)27)11-22-23-18(25)17(24)21-10-12-3-6-14(20)7-4-12/h3-9,11H,2,10H2,1H3,(H,21,24)(H,23,25)(H,26,27)/p-1/b22-11-. The second-order valence-corrected chi connectivity index (χ2v) is 5.92. The van der Waals surface area contributed by atoms with E-state index < -0.39 is 17.8 Å². The first-order valence-corrected chi connectivity index (χ1v) is 8.62. The van der Waals surface area contributed by atoms with Crippen molar-refractivity contribution in [3.63, 3.8) is 0 Å². The van der Waals surface area contributed by atoms with Gasteiger partial charge in [-0.1, -0.05) is 23.7 Å². The van der Waals surface area contributed by atoms with Crippen molar-refractivity contribution >= 4 is 35.6 Å². The van der Waals surface area contributed by atoms with Gasteiger partial charge in [-0.25, -0.2) is 5.43 Å². The zero-order chi connectivity index (χ0) is 20.5. The number of benzene rings is 2. The van der Waals surface area contributed by atoms with E-state index in [1.165, 1.54) is 18.3 Å². The molecule has 0 aliphatic rings. The number of nitrogens with one attached hydrogen (secondary N) is 2. The summed E-state index contributed by atoms with van der Waals surface area (Å²) in [4.78, 5) is 34.7. The summed E-state index contributed by atoms with van der Waals surface area (Å²) < 4.78 is 5.20. The van der Waals surface area contributed by atoms with Gasteiger partial charge in [0, 0.05) is 17.1 Å². The molecule has 0 atom stereocenters. The van der Waals surface area contributed by atoms with E-state index in [4.69, 9.17) is 16.3 Å². The van der Waals surface area contributed by atoms with Crippen molar-refractivity contribution in [1.82, 2.24) is 10.7 Å². The van der Waals surface area contributed by atoms with Gasteiger partial charge in [-0.3, -0.25) is 9.59 Å². The Kier molecular flexibility index (Phi) is 7.53. The van der Waals surface area contributed by atoms with Crippen molar-refractivity contribution < 1.29 is 24.2 Å². The fraction of sp³-hybridized carbons (Fsp3) is 0.158. The number of nitrogens with zero attached hydrogens (tertiary/aromatic N) is 1. The van der Waals surface area contributed by atoms with E-state index in [1.807, 2.05) is 0 Å². The highest BCUT2D eigenvalue weighted by Crippen LogP contribution is 2.19. The number of hydrogen-bond donors (Lipinski definition) is 2. The van der Waals surface area contributed by atoms with Crippen LogP contribution in [0.3, 0.4) is 0 Å². The number of carboxylic acids is 1. The van der Waals surface area contributed by atoms with Crippen molar-refractivity contribution in [3.8, 4) is 5.75 Å². The lowest BCUT2D eigenvalue weighted by Gasteiger charge is -2.11. The first-order chi connectivity index (χ1) is 13.4. The molecular weight excluding hydrogens is 386 g/mol. The van der Waals surface area contributed by atoms with Crippen molar-refractivity contribution in [2.45, 2.75) is 13.5 Å². The molecule has 2 amide bonds. The molecule has 8 nitrogen and oxygen atoms in total. The van der Waals surface area contributed by atoms with E-state index in [9.17, 15) is 19.5 Å². The molecule has 2 rings (SSSR count). The Hall–Kier alpha value is -3.39. The van der Waals surface area contributed by atoms with Crippen LogP contribution in [0.2, 0.25) is 5.02 Å². The molecule has 0 aliphatic carbocycles. The lowest BCUT2D eigenvalue weighted by molar-refractivity contribution is -0.255. The minimum Gasteiger partial charge on any atom is -0.545 e. The molecule has 0 fully saturated rings. The summed E-state index contributed by atoms with van der Waals surface area (Å²) in [6.45, 7) is 2.18. The van der Waals surface area contributed by atoms with Crippen LogP contribution in [-0.2, 0) is 16.1 Å². The minimum absolute atomic E-state index is 0.141. The van der Waals surface area contributed by atoms with Gasteiger partial charge in [0.1, 0.15) is 5.75 Å². The zero-order valence-corrected chi connectivity index (χ0v) is 15.7. The Bertz CT molecular complexity index is 897. The number of ether oxygens (including phenoxy) is 1. The van der Waals surface area contributed by atoms with E-state index >= 15 is 0 Å². The molecule has 0 bridgehead atoms. The molecule has 0 saturated heterocycles. The van der Waals surface area contributed by atoms with Crippen molar-refractivity contribution in [3.05, 3.63) is 64.2 Å². The van der Waals surface area contributed by atoms with Crippen LogP contribution in [0, 0.1) is 0 Å². The highest BCUT2D eigenvalue weighted by atomic mass is 35.5. The average Bonchev–Trinajstić information content (AvgIpc) is 2.68.